The van der Waals surface area contributed by atoms with Gasteiger partial charge in [0.05, 0.1) is 7.11 Å². The van der Waals surface area contributed by atoms with Gasteiger partial charge in [-0.15, -0.1) is 0 Å². The Hall–Kier alpha value is -7.59. The van der Waals surface area contributed by atoms with Crippen LogP contribution in [0, 0.1) is 11.8 Å². The zero-order valence-electron chi connectivity index (χ0n) is 43.8. The number of hydrogen-bond acceptors (Lipinski definition) is 14. The molecule has 412 valence electrons. The molecule has 22 heteroatoms. The fourth-order valence-corrected chi connectivity index (χ4v) is 8.93. The van der Waals surface area contributed by atoms with Gasteiger partial charge in [0.1, 0.15) is 72.2 Å². The van der Waals surface area contributed by atoms with Crippen molar-refractivity contribution in [1.82, 2.24) is 36.4 Å². The average molecular weight is 1060 g/mol. The summed E-state index contributed by atoms with van der Waals surface area (Å²) in [6.07, 6.45) is -6.40. The number of phenols is 1. The Morgan fingerprint density at radius 1 is 0.776 bits per heavy atom. The minimum absolute atomic E-state index is 0.0795. The van der Waals surface area contributed by atoms with Crippen molar-refractivity contribution in [3.05, 3.63) is 95.6 Å². The highest BCUT2D eigenvalue weighted by atomic mass is 16.5. The van der Waals surface area contributed by atoms with Crippen molar-refractivity contribution >= 4 is 53.3 Å². The molecule has 0 aromatic heterocycles. The minimum Gasteiger partial charge on any atom is -0.508 e. The van der Waals surface area contributed by atoms with Gasteiger partial charge < -0.3 is 66.3 Å². The van der Waals surface area contributed by atoms with Gasteiger partial charge in [-0.1, -0.05) is 88.7 Å². The van der Waals surface area contributed by atoms with Gasteiger partial charge in [0, 0.05) is 32.7 Å². The number of fused-ring (bicyclic) bond motifs is 2. The normalized spacial score (nSPS) is 24.3. The molecule has 9 N–H and O–H groups in total. The molecule has 76 heavy (non-hydrogen) atoms. The second-order valence-corrected chi connectivity index (χ2v) is 19.7. The lowest BCUT2D eigenvalue weighted by molar-refractivity contribution is -0.165. The number of hydrogen-bond donors (Lipinski definition) is 9. The van der Waals surface area contributed by atoms with Crippen molar-refractivity contribution < 1.29 is 73.1 Å². The van der Waals surface area contributed by atoms with E-state index in [0.717, 1.165) is 9.80 Å². The van der Waals surface area contributed by atoms with E-state index in [-0.39, 0.29) is 37.9 Å². The second-order valence-electron chi connectivity index (χ2n) is 19.7. The number of phenolic OH excluding ortho intramolecular Hbond substituents is 1. The van der Waals surface area contributed by atoms with Crippen LogP contribution in [0.3, 0.4) is 0 Å². The zero-order valence-corrected chi connectivity index (χ0v) is 43.8. The highest BCUT2D eigenvalue weighted by Gasteiger charge is 2.46. The highest BCUT2D eigenvalue weighted by Crippen LogP contribution is 2.26. The van der Waals surface area contributed by atoms with Crippen molar-refractivity contribution in [1.29, 1.82) is 0 Å². The molecule has 5 rings (SSSR count). The Labute approximate surface area is 441 Å². The number of carbonyl (C=O) groups excluding carboxylic acids is 8. The van der Waals surface area contributed by atoms with Gasteiger partial charge in [0.15, 0.2) is 0 Å². The van der Waals surface area contributed by atoms with Crippen molar-refractivity contribution in [3.63, 3.8) is 0 Å². The van der Waals surface area contributed by atoms with Gasteiger partial charge in [-0.3, -0.25) is 38.4 Å². The Kier molecular flexibility index (Phi) is 21.3. The lowest BCUT2D eigenvalue weighted by atomic mass is 9.95. The molecule has 3 aromatic carbocycles. The van der Waals surface area contributed by atoms with Crippen LogP contribution in [0.15, 0.2) is 78.9 Å². The maximum atomic E-state index is 15.2. The molecule has 0 radical (unpaired) electrons. The molecule has 2 aliphatic heterocycles. The number of carboxylic acid groups (broad SMARTS) is 1. The lowest BCUT2D eigenvalue weighted by Gasteiger charge is -2.43. The van der Waals surface area contributed by atoms with E-state index < -0.39 is 139 Å². The number of ether oxygens (including phenoxy) is 2. The maximum absolute atomic E-state index is 15.2. The van der Waals surface area contributed by atoms with Crippen molar-refractivity contribution in [2.45, 2.75) is 147 Å². The summed E-state index contributed by atoms with van der Waals surface area (Å²) in [5.41, 5.74) is 1.54. The van der Waals surface area contributed by atoms with E-state index in [4.69, 9.17) is 9.47 Å². The number of methoxy groups -OCH3 is 1. The summed E-state index contributed by atoms with van der Waals surface area (Å²) in [5.74, 6) is -9.97. The Morgan fingerprint density at radius 3 is 1.97 bits per heavy atom. The van der Waals surface area contributed by atoms with Gasteiger partial charge >= 0.3 is 11.9 Å². The molecule has 0 saturated carbocycles. The molecular formula is C54H71N7O15. The third-order valence-electron chi connectivity index (χ3n) is 13.8. The molecule has 2 saturated heterocycles. The number of cyclic esters (lactones) is 1. The average Bonchev–Trinajstić information content (AvgIpc) is 3.39. The molecule has 2 heterocycles. The third kappa shape index (κ3) is 15.7. The van der Waals surface area contributed by atoms with E-state index in [0.29, 0.717) is 28.9 Å². The molecule has 2 fully saturated rings. The number of amides is 7. The van der Waals surface area contributed by atoms with Crippen molar-refractivity contribution in [2.24, 2.45) is 11.8 Å². The number of aromatic hydroxyl groups is 1. The number of aliphatic carboxylic acids is 1. The molecule has 3 aromatic rings. The van der Waals surface area contributed by atoms with Crippen LogP contribution < -0.4 is 31.3 Å². The van der Waals surface area contributed by atoms with E-state index in [9.17, 15) is 58.8 Å². The van der Waals surface area contributed by atoms with Crippen LogP contribution in [-0.4, -0.2) is 158 Å². The summed E-state index contributed by atoms with van der Waals surface area (Å²) >= 11 is 0. The fourth-order valence-electron chi connectivity index (χ4n) is 8.93. The standard InChI is InChI=1S/C54H71N7O15/c1-8-30(4)46(66)51(71)55-37(23-25-43(64)65)47(67)59-45-31(5)76-54(74)44(29(2)3)58-49(69)40(27-33-14-18-35(62)19-15-33)60(6)53(73)41(28-34-16-20-36(75-7)21-17-34)61-42(63)24-22-38(52(61)72)56-48(68)39(57-50(45)70)26-32-12-10-9-11-13-32/h9-21,29-31,37-42,44-46,62-63,66H,8,22-28H2,1-7H3,(H,55,71)(H,56,68)(H,57,70)(H,58,69)(H,59,67)(H,64,65). The quantitative estimate of drug-likeness (QED) is 0.0848. The molecule has 11 atom stereocenters. The molecular weight excluding hydrogens is 987 g/mol. The fraction of sp³-hybridized carbons (Fsp3) is 0.500. The van der Waals surface area contributed by atoms with E-state index in [1.807, 2.05) is 0 Å². The maximum Gasteiger partial charge on any atom is 0.329 e. The number of aliphatic hydroxyl groups is 2. The van der Waals surface area contributed by atoms with Crippen LogP contribution in [0.25, 0.3) is 0 Å². The van der Waals surface area contributed by atoms with E-state index in [2.05, 4.69) is 26.6 Å². The highest BCUT2D eigenvalue weighted by molar-refractivity contribution is 5.98. The smallest absolute Gasteiger partial charge is 0.329 e. The van der Waals surface area contributed by atoms with Crippen LogP contribution in [0.2, 0.25) is 0 Å². The lowest BCUT2D eigenvalue weighted by Crippen LogP contribution is -2.65. The largest absolute Gasteiger partial charge is 0.508 e. The number of benzene rings is 3. The number of rotatable bonds is 17. The molecule has 0 spiro atoms. The first-order chi connectivity index (χ1) is 36.0. The van der Waals surface area contributed by atoms with Gasteiger partial charge in [-0.05, 0) is 79.0 Å². The van der Waals surface area contributed by atoms with Gasteiger partial charge in [-0.2, -0.15) is 0 Å². The molecule has 2 bridgehead atoms. The summed E-state index contributed by atoms with van der Waals surface area (Å²) in [5, 5.41) is 54.9. The Morgan fingerprint density at radius 2 is 1.38 bits per heavy atom. The topological polar surface area (TPSA) is 320 Å². The number of carbonyl (C=O) groups is 9. The number of likely N-dealkylation sites (N-methyl/N-ethyl adjacent to an activating group) is 1. The minimum atomic E-state index is -1.90. The number of carboxylic acids is 1. The number of nitrogens with zero attached hydrogens (tertiary/aromatic N) is 2. The third-order valence-corrected chi connectivity index (χ3v) is 13.8. The summed E-state index contributed by atoms with van der Waals surface area (Å²) in [6, 6.07) is 9.98. The monoisotopic (exact) mass is 1060 g/mol. The van der Waals surface area contributed by atoms with Crippen LogP contribution >= 0.6 is 0 Å². The molecule has 11 unspecified atom stereocenters. The van der Waals surface area contributed by atoms with Gasteiger partial charge in [0.2, 0.25) is 41.4 Å². The number of nitrogens with one attached hydrogen (secondary N) is 5. The Balaban J connectivity index is 1.65. The van der Waals surface area contributed by atoms with Crippen LogP contribution in [0.1, 0.15) is 83.4 Å². The predicted molar refractivity (Wildman–Crippen MR) is 273 cm³/mol. The second kappa shape index (κ2) is 27.3. The van der Waals surface area contributed by atoms with E-state index in [1.54, 1.807) is 82.3 Å². The van der Waals surface area contributed by atoms with Gasteiger partial charge in [0.25, 0.3) is 0 Å². The zero-order chi connectivity index (χ0) is 56.0. The SMILES string of the molecule is CCC(C)C(O)C(=O)NC(CCC(=O)O)C(=O)NC1C(=O)NC(Cc2ccccc2)C(=O)NC2CCC(O)N(C2=O)C(Cc2ccc(OC)cc2)C(=O)N(C)C(Cc2ccc(O)cc2)C(=O)NC(C(C)C)C(=O)OC1C. The van der Waals surface area contributed by atoms with Gasteiger partial charge in [-0.25, -0.2) is 4.79 Å². The number of piperidine rings is 1. The Bertz CT molecular complexity index is 2530. The molecule has 0 aliphatic carbocycles. The predicted octanol–water partition coefficient (Wildman–Crippen LogP) is 0.862. The first-order valence-corrected chi connectivity index (χ1v) is 25.4. The van der Waals surface area contributed by atoms with E-state index in [1.165, 1.54) is 45.3 Å². The molecule has 7 amide bonds. The number of esters is 1. The summed E-state index contributed by atoms with van der Waals surface area (Å²) in [7, 11) is 2.80. The van der Waals surface area contributed by atoms with Crippen LogP contribution in [-0.2, 0) is 67.2 Å². The first kappa shape index (κ1) is 59.3. The molecule has 2 aliphatic rings. The summed E-state index contributed by atoms with van der Waals surface area (Å²) < 4.78 is 11.2. The summed E-state index contributed by atoms with van der Waals surface area (Å²) in [6.45, 7) is 7.73. The van der Waals surface area contributed by atoms with Crippen LogP contribution in [0.5, 0.6) is 11.5 Å². The van der Waals surface area contributed by atoms with Crippen LogP contribution in [0.4, 0.5) is 0 Å². The summed E-state index contributed by atoms with van der Waals surface area (Å²) in [4.78, 5) is 130. The molecule has 22 nitrogen and oxygen atoms in total. The first-order valence-electron chi connectivity index (χ1n) is 25.4. The van der Waals surface area contributed by atoms with Crippen molar-refractivity contribution in [3.8, 4) is 11.5 Å². The number of aliphatic hydroxyl groups excluding tert-OH is 2. The van der Waals surface area contributed by atoms with Crippen molar-refractivity contribution in [2.75, 3.05) is 14.2 Å². The van der Waals surface area contributed by atoms with E-state index >= 15 is 4.79 Å².